The monoisotopic (exact) mass is 262 g/mol. The van der Waals surface area contributed by atoms with Crippen LogP contribution in [-0.2, 0) is 10.2 Å². The zero-order valence-electron chi connectivity index (χ0n) is 7.25. The van der Waals surface area contributed by atoms with Gasteiger partial charge >= 0.3 is 16.6 Å². The zero-order valence-corrected chi connectivity index (χ0v) is 8.07. The SMILES string of the molecule is O=S(=O)(F)c1cc(F)ccc1OC(F)(F)F. The third-order valence-electron chi connectivity index (χ3n) is 1.39. The van der Waals surface area contributed by atoms with E-state index in [2.05, 4.69) is 4.74 Å². The highest BCUT2D eigenvalue weighted by Crippen LogP contribution is 2.31. The lowest BCUT2D eigenvalue weighted by Crippen LogP contribution is -2.18. The maximum atomic E-state index is 12.5. The van der Waals surface area contributed by atoms with E-state index >= 15 is 0 Å². The molecule has 0 fully saturated rings. The van der Waals surface area contributed by atoms with Crippen LogP contribution in [0.3, 0.4) is 0 Å². The van der Waals surface area contributed by atoms with Crippen molar-refractivity contribution in [3.8, 4) is 5.75 Å². The average molecular weight is 262 g/mol. The van der Waals surface area contributed by atoms with E-state index in [0.717, 1.165) is 0 Å². The summed E-state index contributed by atoms with van der Waals surface area (Å²) in [5, 5.41) is 0. The van der Waals surface area contributed by atoms with Crippen molar-refractivity contribution >= 4 is 10.2 Å². The molecule has 0 amide bonds. The van der Waals surface area contributed by atoms with Gasteiger partial charge in [-0.2, -0.15) is 8.42 Å². The fourth-order valence-corrected chi connectivity index (χ4v) is 1.48. The summed E-state index contributed by atoms with van der Waals surface area (Å²) in [6, 6.07) is 0.974. The molecule has 0 aliphatic rings. The number of hydrogen-bond donors (Lipinski definition) is 0. The normalized spacial score (nSPS) is 12.6. The van der Waals surface area contributed by atoms with Crippen LogP contribution in [0.2, 0.25) is 0 Å². The molecule has 9 heteroatoms. The predicted octanol–water partition coefficient (Wildman–Crippen LogP) is 2.38. The Morgan fingerprint density at radius 3 is 2.19 bits per heavy atom. The summed E-state index contributed by atoms with van der Waals surface area (Å²) in [4.78, 5) is -1.51. The van der Waals surface area contributed by atoms with E-state index in [0.29, 0.717) is 12.1 Å². The molecule has 0 unspecified atom stereocenters. The summed E-state index contributed by atoms with van der Waals surface area (Å²) >= 11 is 0. The maximum Gasteiger partial charge on any atom is 0.573 e. The quantitative estimate of drug-likeness (QED) is 0.607. The molecule has 0 radical (unpaired) electrons. The topological polar surface area (TPSA) is 43.4 Å². The molecule has 0 saturated carbocycles. The van der Waals surface area contributed by atoms with Crippen LogP contribution in [0.25, 0.3) is 0 Å². The Balaban J connectivity index is 3.30. The Morgan fingerprint density at radius 2 is 1.75 bits per heavy atom. The zero-order chi connectivity index (χ0) is 12.6. The van der Waals surface area contributed by atoms with Gasteiger partial charge in [0.15, 0.2) is 5.75 Å². The molecular weight excluding hydrogens is 259 g/mol. The number of alkyl halides is 3. The van der Waals surface area contributed by atoms with Crippen molar-refractivity contribution in [3.05, 3.63) is 24.0 Å². The van der Waals surface area contributed by atoms with Gasteiger partial charge in [-0.15, -0.1) is 17.1 Å². The Hall–Kier alpha value is -1.38. The second-order valence-electron chi connectivity index (χ2n) is 2.58. The molecule has 1 aromatic carbocycles. The summed E-state index contributed by atoms with van der Waals surface area (Å²) in [6.07, 6.45) is -5.20. The van der Waals surface area contributed by atoms with Gasteiger partial charge in [0.2, 0.25) is 0 Å². The van der Waals surface area contributed by atoms with Gasteiger partial charge in [0.25, 0.3) is 0 Å². The first-order valence-electron chi connectivity index (χ1n) is 3.59. The van der Waals surface area contributed by atoms with Crippen LogP contribution in [0.4, 0.5) is 21.4 Å². The third-order valence-corrected chi connectivity index (χ3v) is 2.24. The van der Waals surface area contributed by atoms with E-state index in [9.17, 15) is 29.9 Å². The molecule has 0 aliphatic carbocycles. The second kappa shape index (κ2) is 3.89. The third kappa shape index (κ3) is 3.33. The highest BCUT2D eigenvalue weighted by molar-refractivity contribution is 7.86. The molecule has 0 aromatic heterocycles. The summed E-state index contributed by atoms with van der Waals surface area (Å²) in [7, 11) is -5.49. The summed E-state index contributed by atoms with van der Waals surface area (Å²) in [5.74, 6) is -2.53. The number of rotatable bonds is 2. The molecule has 3 nitrogen and oxygen atoms in total. The lowest BCUT2D eigenvalue weighted by molar-refractivity contribution is -0.275. The van der Waals surface area contributed by atoms with Crippen molar-refractivity contribution in [1.82, 2.24) is 0 Å². The molecule has 0 spiro atoms. The summed E-state index contributed by atoms with van der Waals surface area (Å²) in [5.41, 5.74) is 0. The van der Waals surface area contributed by atoms with Gasteiger partial charge in [0.1, 0.15) is 10.7 Å². The van der Waals surface area contributed by atoms with Crippen molar-refractivity contribution in [3.63, 3.8) is 0 Å². The fourth-order valence-electron chi connectivity index (χ4n) is 0.881. The van der Waals surface area contributed by atoms with Crippen molar-refractivity contribution in [2.75, 3.05) is 0 Å². The van der Waals surface area contributed by atoms with Gasteiger partial charge in [-0.1, -0.05) is 0 Å². The largest absolute Gasteiger partial charge is 0.573 e. The number of ether oxygens (including phenoxy) is 1. The van der Waals surface area contributed by atoms with Gasteiger partial charge in [-0.3, -0.25) is 0 Å². The fraction of sp³-hybridized carbons (Fsp3) is 0.143. The number of halogens is 5. The first-order chi connectivity index (χ1) is 7.09. The Bertz CT molecular complexity index is 493. The van der Waals surface area contributed by atoms with Crippen molar-refractivity contribution in [1.29, 1.82) is 0 Å². The first-order valence-corrected chi connectivity index (χ1v) is 4.98. The molecular formula is C7H3F5O3S. The van der Waals surface area contributed by atoms with Crippen molar-refractivity contribution in [2.45, 2.75) is 11.3 Å². The molecule has 0 saturated heterocycles. The lowest BCUT2D eigenvalue weighted by atomic mass is 10.3. The van der Waals surface area contributed by atoms with Crippen LogP contribution >= 0.6 is 0 Å². The van der Waals surface area contributed by atoms with Crippen LogP contribution < -0.4 is 4.74 Å². The minimum Gasteiger partial charge on any atom is -0.404 e. The van der Waals surface area contributed by atoms with Crippen molar-refractivity contribution in [2.24, 2.45) is 0 Å². The summed E-state index contributed by atoms with van der Waals surface area (Å²) < 4.78 is 84.4. The van der Waals surface area contributed by atoms with Crippen LogP contribution in [-0.4, -0.2) is 14.8 Å². The Kier molecular flexibility index (Phi) is 3.08. The molecule has 16 heavy (non-hydrogen) atoms. The van der Waals surface area contributed by atoms with Gasteiger partial charge in [-0.05, 0) is 18.2 Å². The van der Waals surface area contributed by atoms with Crippen LogP contribution in [0, 0.1) is 5.82 Å². The molecule has 90 valence electrons. The second-order valence-corrected chi connectivity index (χ2v) is 3.89. The highest BCUT2D eigenvalue weighted by Gasteiger charge is 2.34. The van der Waals surface area contributed by atoms with Gasteiger partial charge in [0, 0.05) is 0 Å². The van der Waals surface area contributed by atoms with Crippen LogP contribution in [0.1, 0.15) is 0 Å². The molecule has 1 rings (SSSR count). The Morgan fingerprint density at radius 1 is 1.19 bits per heavy atom. The molecule has 0 N–H and O–H groups in total. The first kappa shape index (κ1) is 12.7. The predicted molar refractivity (Wildman–Crippen MR) is 41.4 cm³/mol. The molecule has 0 aliphatic heterocycles. The molecule has 0 heterocycles. The van der Waals surface area contributed by atoms with Crippen molar-refractivity contribution < 1.29 is 34.6 Å². The Labute approximate surface area is 86.7 Å². The lowest BCUT2D eigenvalue weighted by Gasteiger charge is -2.10. The van der Waals surface area contributed by atoms with E-state index in [1.165, 1.54) is 0 Å². The van der Waals surface area contributed by atoms with Crippen LogP contribution in [0.5, 0.6) is 5.75 Å². The standard InChI is InChI=1S/C7H3F5O3S/c8-4-1-2-5(15-7(9,10)11)6(3-4)16(12,13)14/h1-3H. The minimum absolute atomic E-state index is 0.0937. The van der Waals surface area contributed by atoms with Gasteiger partial charge in [-0.25, -0.2) is 4.39 Å². The van der Waals surface area contributed by atoms with E-state index in [-0.39, 0.29) is 6.07 Å². The van der Waals surface area contributed by atoms with Gasteiger partial charge < -0.3 is 4.74 Å². The van der Waals surface area contributed by atoms with E-state index < -0.39 is 33.0 Å². The molecule has 0 bridgehead atoms. The number of benzene rings is 1. The average Bonchev–Trinajstić information content (AvgIpc) is 2.04. The molecule has 1 aromatic rings. The van der Waals surface area contributed by atoms with Crippen LogP contribution in [0.15, 0.2) is 23.1 Å². The number of hydrogen-bond acceptors (Lipinski definition) is 3. The van der Waals surface area contributed by atoms with E-state index in [1.54, 1.807) is 0 Å². The maximum absolute atomic E-state index is 12.5. The smallest absolute Gasteiger partial charge is 0.404 e. The molecule has 0 atom stereocenters. The van der Waals surface area contributed by atoms with E-state index in [1.807, 2.05) is 0 Å². The summed E-state index contributed by atoms with van der Waals surface area (Å²) in [6.45, 7) is 0. The highest BCUT2D eigenvalue weighted by atomic mass is 32.3. The van der Waals surface area contributed by atoms with Gasteiger partial charge in [0.05, 0.1) is 0 Å². The van der Waals surface area contributed by atoms with E-state index in [4.69, 9.17) is 0 Å². The minimum atomic E-state index is -5.49.